The molecule has 0 spiro atoms. The fourth-order valence-corrected chi connectivity index (χ4v) is 6.21. The van der Waals surface area contributed by atoms with Gasteiger partial charge in [-0.2, -0.15) is 0 Å². The van der Waals surface area contributed by atoms with Crippen LogP contribution in [0.1, 0.15) is 31.9 Å². The minimum atomic E-state index is -3.89. The van der Waals surface area contributed by atoms with Crippen molar-refractivity contribution >= 4 is 44.6 Å². The Morgan fingerprint density at radius 1 is 1.17 bits per heavy atom. The Morgan fingerprint density at radius 3 is 2.73 bits per heavy atom. The molecule has 0 saturated carbocycles. The van der Waals surface area contributed by atoms with Crippen LogP contribution in [0.25, 0.3) is 0 Å². The number of anilines is 1. The van der Waals surface area contributed by atoms with Gasteiger partial charge in [0.1, 0.15) is 4.90 Å². The lowest BCUT2D eigenvalue weighted by Gasteiger charge is -2.28. The number of nitrogens with one attached hydrogen (secondary N) is 1. The first-order chi connectivity index (χ1) is 14.3. The number of hydrogen-bond donors (Lipinski definition) is 1. The largest absolute Gasteiger partial charge is 0.334 e. The van der Waals surface area contributed by atoms with Gasteiger partial charge in [0.25, 0.3) is 15.9 Å². The molecule has 30 heavy (non-hydrogen) atoms. The Labute approximate surface area is 185 Å². The van der Waals surface area contributed by atoms with Crippen LogP contribution >= 0.6 is 22.9 Å². The lowest BCUT2D eigenvalue weighted by molar-refractivity contribution is 0.0735. The molecule has 5 nitrogen and oxygen atoms in total. The van der Waals surface area contributed by atoms with E-state index in [9.17, 15) is 13.2 Å². The number of halogens is 1. The number of carbonyl (C=O) groups excluding carboxylic acids is 1. The third-order valence-electron chi connectivity index (χ3n) is 5.28. The average Bonchev–Trinajstić information content (AvgIpc) is 3.16. The van der Waals surface area contributed by atoms with Gasteiger partial charge in [-0.1, -0.05) is 23.7 Å². The van der Waals surface area contributed by atoms with Crippen molar-refractivity contribution < 1.29 is 13.2 Å². The van der Waals surface area contributed by atoms with E-state index in [0.717, 1.165) is 12.0 Å². The summed E-state index contributed by atoms with van der Waals surface area (Å²) < 4.78 is 28.4. The Balaban J connectivity index is 1.61. The van der Waals surface area contributed by atoms with Crippen LogP contribution in [0.5, 0.6) is 0 Å². The van der Waals surface area contributed by atoms with Crippen molar-refractivity contribution in [2.45, 2.75) is 31.7 Å². The Kier molecular flexibility index (Phi) is 5.61. The second-order valence-corrected chi connectivity index (χ2v) is 10.4. The number of nitrogens with zero attached hydrogens (tertiary/aromatic N) is 1. The van der Waals surface area contributed by atoms with Gasteiger partial charge >= 0.3 is 0 Å². The molecule has 0 atom stereocenters. The Bertz CT molecular complexity index is 1230. The summed E-state index contributed by atoms with van der Waals surface area (Å²) in [6, 6.07) is 11.9. The third-order valence-corrected chi connectivity index (χ3v) is 8.15. The molecule has 3 aromatic rings. The quantitative estimate of drug-likeness (QED) is 0.594. The highest BCUT2D eigenvalue weighted by Gasteiger charge is 2.25. The standard InChI is InChI=1S/C22H21ClN2O3S2/c1-14-6-7-21(18(23)12-14)30(27,28)24-19-5-3-4-17(15(19)2)22(26)25-10-8-20-16(13-25)9-11-29-20/h3-7,9,11-12,24H,8,10,13H2,1-2H3. The first kappa shape index (κ1) is 20.9. The van der Waals surface area contributed by atoms with E-state index >= 15 is 0 Å². The van der Waals surface area contributed by atoms with Gasteiger partial charge in [-0.15, -0.1) is 11.3 Å². The van der Waals surface area contributed by atoms with E-state index in [1.807, 2.05) is 11.8 Å². The van der Waals surface area contributed by atoms with E-state index in [2.05, 4.69) is 16.2 Å². The van der Waals surface area contributed by atoms with Crippen molar-refractivity contribution in [1.82, 2.24) is 4.90 Å². The molecule has 4 rings (SSSR count). The maximum Gasteiger partial charge on any atom is 0.263 e. The van der Waals surface area contributed by atoms with E-state index in [4.69, 9.17) is 11.6 Å². The van der Waals surface area contributed by atoms with Crippen LogP contribution in [-0.2, 0) is 23.0 Å². The highest BCUT2D eigenvalue weighted by Crippen LogP contribution is 2.29. The summed E-state index contributed by atoms with van der Waals surface area (Å²) in [5.74, 6) is -0.0984. The molecule has 0 fully saturated rings. The fourth-order valence-electron chi connectivity index (χ4n) is 3.59. The van der Waals surface area contributed by atoms with Crippen molar-refractivity contribution in [1.29, 1.82) is 0 Å². The van der Waals surface area contributed by atoms with E-state index in [-0.39, 0.29) is 15.8 Å². The smallest absolute Gasteiger partial charge is 0.263 e. The highest BCUT2D eigenvalue weighted by molar-refractivity contribution is 7.92. The Hall–Kier alpha value is -2.35. The molecule has 1 amide bonds. The average molecular weight is 461 g/mol. The van der Waals surface area contributed by atoms with Gasteiger partial charge in [0.2, 0.25) is 0 Å². The topological polar surface area (TPSA) is 66.5 Å². The number of amides is 1. The molecular formula is C22H21ClN2O3S2. The van der Waals surface area contributed by atoms with Crippen LogP contribution in [0.2, 0.25) is 5.02 Å². The van der Waals surface area contributed by atoms with Crippen molar-refractivity contribution in [2.75, 3.05) is 11.3 Å². The third kappa shape index (κ3) is 3.97. The van der Waals surface area contributed by atoms with E-state index in [0.29, 0.717) is 29.9 Å². The van der Waals surface area contributed by atoms with Crippen LogP contribution < -0.4 is 4.72 Å². The van der Waals surface area contributed by atoms with Gasteiger partial charge in [0.15, 0.2) is 0 Å². The van der Waals surface area contributed by atoms with Crippen LogP contribution in [0.4, 0.5) is 5.69 Å². The summed E-state index contributed by atoms with van der Waals surface area (Å²) in [5.41, 5.74) is 3.50. The second-order valence-electron chi connectivity index (χ2n) is 7.36. The van der Waals surface area contributed by atoms with Crippen LogP contribution in [0.3, 0.4) is 0 Å². The zero-order valence-corrected chi connectivity index (χ0v) is 19.0. The Morgan fingerprint density at radius 2 is 1.97 bits per heavy atom. The van der Waals surface area contributed by atoms with E-state index < -0.39 is 10.0 Å². The number of rotatable bonds is 4. The van der Waals surface area contributed by atoms with Crippen LogP contribution in [0, 0.1) is 13.8 Å². The summed E-state index contributed by atoms with van der Waals surface area (Å²) in [7, 11) is -3.89. The number of benzene rings is 2. The zero-order valence-electron chi connectivity index (χ0n) is 16.6. The number of aryl methyl sites for hydroxylation is 1. The number of carbonyl (C=O) groups is 1. The summed E-state index contributed by atoms with van der Waals surface area (Å²) in [6.45, 7) is 4.82. The van der Waals surface area contributed by atoms with Crippen molar-refractivity contribution in [3.63, 3.8) is 0 Å². The minimum absolute atomic E-state index is 0.00640. The molecule has 1 aliphatic rings. The minimum Gasteiger partial charge on any atom is -0.334 e. The molecule has 0 radical (unpaired) electrons. The summed E-state index contributed by atoms with van der Waals surface area (Å²) in [4.78, 5) is 16.3. The van der Waals surface area contributed by atoms with Gasteiger partial charge in [-0.05, 0) is 72.7 Å². The van der Waals surface area contributed by atoms with Gasteiger partial charge in [0.05, 0.1) is 10.7 Å². The lowest BCUT2D eigenvalue weighted by atomic mass is 10.0. The molecule has 8 heteroatoms. The van der Waals surface area contributed by atoms with Gasteiger partial charge in [-0.25, -0.2) is 8.42 Å². The molecule has 2 heterocycles. The molecule has 1 N–H and O–H groups in total. The normalized spacial score (nSPS) is 13.8. The first-order valence-electron chi connectivity index (χ1n) is 9.49. The molecule has 0 saturated heterocycles. The van der Waals surface area contributed by atoms with Crippen LogP contribution in [0.15, 0.2) is 52.7 Å². The molecular weight excluding hydrogens is 440 g/mol. The molecule has 0 unspecified atom stereocenters. The monoisotopic (exact) mass is 460 g/mol. The van der Waals surface area contributed by atoms with Crippen molar-refractivity contribution in [3.05, 3.63) is 80.0 Å². The van der Waals surface area contributed by atoms with Gasteiger partial charge in [0, 0.05) is 23.5 Å². The van der Waals surface area contributed by atoms with Crippen molar-refractivity contribution in [2.24, 2.45) is 0 Å². The lowest BCUT2D eigenvalue weighted by Crippen LogP contribution is -2.35. The summed E-state index contributed by atoms with van der Waals surface area (Å²) >= 11 is 7.88. The second kappa shape index (κ2) is 8.06. The molecule has 0 aliphatic carbocycles. The predicted octanol–water partition coefficient (Wildman–Crippen LogP) is 5.02. The molecule has 156 valence electrons. The number of fused-ring (bicyclic) bond motifs is 1. The van der Waals surface area contributed by atoms with E-state index in [1.165, 1.54) is 16.5 Å². The summed E-state index contributed by atoms with van der Waals surface area (Å²) in [6.07, 6.45) is 0.843. The molecule has 0 bridgehead atoms. The number of hydrogen-bond acceptors (Lipinski definition) is 4. The van der Waals surface area contributed by atoms with Gasteiger partial charge in [-0.3, -0.25) is 9.52 Å². The van der Waals surface area contributed by atoms with Gasteiger partial charge < -0.3 is 4.90 Å². The molecule has 1 aromatic heterocycles. The number of thiophene rings is 1. The first-order valence-corrected chi connectivity index (χ1v) is 12.2. The number of sulfonamides is 1. The molecule has 2 aromatic carbocycles. The fraction of sp³-hybridized carbons (Fsp3) is 0.227. The predicted molar refractivity (Wildman–Crippen MR) is 121 cm³/mol. The van der Waals surface area contributed by atoms with Crippen molar-refractivity contribution in [3.8, 4) is 0 Å². The maximum atomic E-state index is 13.2. The highest BCUT2D eigenvalue weighted by atomic mass is 35.5. The SMILES string of the molecule is Cc1ccc(S(=O)(=O)Nc2cccc(C(=O)N3CCc4sccc4C3)c2C)c(Cl)c1. The maximum absolute atomic E-state index is 13.2. The summed E-state index contributed by atoms with van der Waals surface area (Å²) in [5, 5.41) is 2.21. The molecule has 1 aliphatic heterocycles. The van der Waals surface area contributed by atoms with E-state index in [1.54, 1.807) is 48.6 Å². The zero-order chi connectivity index (χ0) is 21.5. The van der Waals surface area contributed by atoms with Crippen LogP contribution in [-0.4, -0.2) is 25.8 Å².